The molecule has 3 rings (SSSR count). The molecule has 1 aromatic carbocycles. The van der Waals surface area contributed by atoms with Gasteiger partial charge in [0.2, 0.25) is 0 Å². The second-order valence-electron chi connectivity index (χ2n) is 6.02. The molecule has 1 aromatic heterocycles. The largest absolute Gasteiger partial charge is 0.573 e. The van der Waals surface area contributed by atoms with Gasteiger partial charge in [-0.2, -0.15) is 5.10 Å². The number of nitrogens with zero attached hydrogens (tertiary/aromatic N) is 2. The van der Waals surface area contributed by atoms with Crippen LogP contribution in [-0.2, 0) is 6.54 Å². The second-order valence-corrected chi connectivity index (χ2v) is 6.02. The van der Waals surface area contributed by atoms with Gasteiger partial charge in [0, 0.05) is 24.8 Å². The van der Waals surface area contributed by atoms with E-state index >= 15 is 0 Å². The lowest BCUT2D eigenvalue weighted by atomic mass is 10.1. The molecule has 0 aliphatic carbocycles. The van der Waals surface area contributed by atoms with Gasteiger partial charge < -0.3 is 15.4 Å². The molecule has 0 saturated carbocycles. The highest BCUT2D eigenvalue weighted by Crippen LogP contribution is 2.26. The lowest BCUT2D eigenvalue weighted by Crippen LogP contribution is -2.32. The average molecular weight is 368 g/mol. The van der Waals surface area contributed by atoms with Gasteiger partial charge in [0.25, 0.3) is 5.91 Å². The van der Waals surface area contributed by atoms with Crippen LogP contribution < -0.4 is 15.4 Å². The van der Waals surface area contributed by atoms with Crippen molar-refractivity contribution in [1.82, 2.24) is 20.4 Å². The number of benzene rings is 1. The monoisotopic (exact) mass is 368 g/mol. The molecule has 1 saturated heterocycles. The summed E-state index contributed by atoms with van der Waals surface area (Å²) in [4.78, 5) is 12.2. The topological polar surface area (TPSA) is 68.2 Å². The number of ether oxygens (including phenoxy) is 1. The van der Waals surface area contributed by atoms with Gasteiger partial charge in [0.05, 0.1) is 6.04 Å². The maximum Gasteiger partial charge on any atom is 0.573 e. The van der Waals surface area contributed by atoms with Crippen LogP contribution in [0.3, 0.4) is 0 Å². The number of rotatable bonds is 5. The minimum Gasteiger partial charge on any atom is -0.405 e. The quantitative estimate of drug-likeness (QED) is 0.851. The third-order valence-corrected chi connectivity index (χ3v) is 4.12. The number of halogens is 3. The molecule has 2 N–H and O–H groups in total. The number of alkyl halides is 3. The van der Waals surface area contributed by atoms with Crippen LogP contribution in [-0.4, -0.2) is 35.1 Å². The van der Waals surface area contributed by atoms with Gasteiger partial charge in [-0.3, -0.25) is 9.48 Å². The Labute approximate surface area is 148 Å². The highest BCUT2D eigenvalue weighted by atomic mass is 19.4. The van der Waals surface area contributed by atoms with Crippen molar-refractivity contribution in [2.24, 2.45) is 0 Å². The second kappa shape index (κ2) is 7.77. The molecule has 2 heterocycles. The zero-order valence-corrected chi connectivity index (χ0v) is 13.9. The molecule has 140 valence electrons. The van der Waals surface area contributed by atoms with Crippen molar-refractivity contribution in [3.63, 3.8) is 0 Å². The van der Waals surface area contributed by atoms with Crippen molar-refractivity contribution in [1.29, 1.82) is 0 Å². The van der Waals surface area contributed by atoms with Gasteiger partial charge >= 0.3 is 6.36 Å². The van der Waals surface area contributed by atoms with Crippen molar-refractivity contribution in [3.05, 3.63) is 47.8 Å². The summed E-state index contributed by atoms with van der Waals surface area (Å²) in [6.07, 6.45) is -1.01. The normalized spacial score (nSPS) is 17.7. The minimum absolute atomic E-state index is 0.0943. The van der Waals surface area contributed by atoms with Crippen LogP contribution in [0, 0.1) is 0 Å². The van der Waals surface area contributed by atoms with Gasteiger partial charge in [-0.25, -0.2) is 0 Å². The van der Waals surface area contributed by atoms with Crippen molar-refractivity contribution in [3.8, 4) is 5.75 Å². The zero-order chi connectivity index (χ0) is 18.6. The first-order chi connectivity index (χ1) is 12.4. The summed E-state index contributed by atoms with van der Waals surface area (Å²) < 4.78 is 43.0. The fourth-order valence-electron chi connectivity index (χ4n) is 2.86. The number of amides is 1. The molecule has 26 heavy (non-hydrogen) atoms. The van der Waals surface area contributed by atoms with Gasteiger partial charge in [-0.1, -0.05) is 18.2 Å². The summed E-state index contributed by atoms with van der Waals surface area (Å²) >= 11 is 0. The zero-order valence-electron chi connectivity index (χ0n) is 13.9. The third kappa shape index (κ3) is 4.75. The highest BCUT2D eigenvalue weighted by Gasteiger charge is 2.32. The minimum atomic E-state index is -4.78. The lowest BCUT2D eigenvalue weighted by molar-refractivity contribution is -0.274. The van der Waals surface area contributed by atoms with Crippen LogP contribution in [0.15, 0.2) is 36.5 Å². The van der Waals surface area contributed by atoms with Crippen LogP contribution in [0.1, 0.15) is 34.9 Å². The van der Waals surface area contributed by atoms with Gasteiger partial charge in [-0.15, -0.1) is 13.2 Å². The first-order valence-corrected chi connectivity index (χ1v) is 8.30. The molecule has 0 spiro atoms. The Balaban J connectivity index is 1.62. The predicted octanol–water partition coefficient (Wildman–Crippen LogP) is 2.64. The molecule has 0 radical (unpaired) electrons. The van der Waals surface area contributed by atoms with E-state index in [4.69, 9.17) is 0 Å². The third-order valence-electron chi connectivity index (χ3n) is 4.12. The fourth-order valence-corrected chi connectivity index (χ4v) is 2.86. The number of hydrogen-bond acceptors (Lipinski definition) is 4. The molecule has 1 aliphatic heterocycles. The van der Waals surface area contributed by atoms with Crippen LogP contribution in [0.25, 0.3) is 0 Å². The molecule has 1 unspecified atom stereocenters. The molecule has 0 bridgehead atoms. The molecule has 1 atom stereocenters. The molecule has 6 nitrogen and oxygen atoms in total. The van der Waals surface area contributed by atoms with Gasteiger partial charge in [0.1, 0.15) is 11.4 Å². The average Bonchev–Trinajstić information content (AvgIpc) is 3.10. The summed E-state index contributed by atoms with van der Waals surface area (Å²) in [7, 11) is 0. The van der Waals surface area contributed by atoms with E-state index in [1.54, 1.807) is 23.0 Å². The predicted molar refractivity (Wildman–Crippen MR) is 87.7 cm³/mol. The Morgan fingerprint density at radius 3 is 2.88 bits per heavy atom. The van der Waals surface area contributed by atoms with Crippen molar-refractivity contribution in [2.45, 2.75) is 31.8 Å². The highest BCUT2D eigenvalue weighted by molar-refractivity contribution is 5.92. The summed E-state index contributed by atoms with van der Waals surface area (Å²) in [5.41, 5.74) is 0.457. The standard InChI is InChI=1S/C17H19F3N4O2/c18-17(19,20)26-15-6-2-1-4-12(15)10-22-16(25)14-7-9-24(23-14)13-5-3-8-21-11-13/h1-2,4,6-7,9,13,21H,3,5,8,10-11H2,(H,22,25). The number of carbonyl (C=O) groups is 1. The van der Waals surface area contributed by atoms with E-state index in [-0.39, 0.29) is 29.6 Å². The number of nitrogens with one attached hydrogen (secondary N) is 2. The summed E-state index contributed by atoms with van der Waals surface area (Å²) in [5, 5.41) is 10.1. The number of piperidine rings is 1. The Morgan fingerprint density at radius 1 is 1.35 bits per heavy atom. The van der Waals surface area contributed by atoms with E-state index in [1.807, 2.05) is 0 Å². The molecule has 2 aromatic rings. The van der Waals surface area contributed by atoms with Crippen molar-refractivity contribution < 1.29 is 22.7 Å². The maximum atomic E-state index is 12.4. The Morgan fingerprint density at radius 2 is 2.15 bits per heavy atom. The fraction of sp³-hybridized carbons (Fsp3) is 0.412. The molecule has 9 heteroatoms. The van der Waals surface area contributed by atoms with Gasteiger partial charge in [0.15, 0.2) is 0 Å². The number of para-hydroxylation sites is 1. The molecule has 1 amide bonds. The molecule has 1 aliphatic rings. The Hall–Kier alpha value is -2.55. The van der Waals surface area contributed by atoms with E-state index in [0.29, 0.717) is 0 Å². The first kappa shape index (κ1) is 18.2. The number of carbonyl (C=O) groups excluding carboxylic acids is 1. The van der Waals surface area contributed by atoms with E-state index in [1.165, 1.54) is 18.2 Å². The SMILES string of the molecule is O=C(NCc1ccccc1OC(F)(F)F)c1ccn(C2CCCNC2)n1. The summed E-state index contributed by atoms with van der Waals surface area (Å²) in [6.45, 7) is 1.68. The lowest BCUT2D eigenvalue weighted by Gasteiger charge is -2.22. The van der Waals surface area contributed by atoms with E-state index in [9.17, 15) is 18.0 Å². The van der Waals surface area contributed by atoms with Crippen LogP contribution in [0.4, 0.5) is 13.2 Å². The number of aromatic nitrogens is 2. The molecular formula is C17H19F3N4O2. The smallest absolute Gasteiger partial charge is 0.405 e. The molecular weight excluding hydrogens is 349 g/mol. The molecule has 1 fully saturated rings. The summed E-state index contributed by atoms with van der Waals surface area (Å²) in [5.74, 6) is -0.784. The van der Waals surface area contributed by atoms with Crippen molar-refractivity contribution >= 4 is 5.91 Å². The first-order valence-electron chi connectivity index (χ1n) is 8.30. The van der Waals surface area contributed by atoms with Crippen molar-refractivity contribution in [2.75, 3.05) is 13.1 Å². The van der Waals surface area contributed by atoms with Crippen LogP contribution in [0.2, 0.25) is 0 Å². The summed E-state index contributed by atoms with van der Waals surface area (Å²) in [6, 6.07) is 7.49. The maximum absolute atomic E-state index is 12.4. The van der Waals surface area contributed by atoms with E-state index in [0.717, 1.165) is 25.9 Å². The van der Waals surface area contributed by atoms with E-state index < -0.39 is 12.3 Å². The van der Waals surface area contributed by atoms with Crippen LogP contribution in [0.5, 0.6) is 5.75 Å². The van der Waals surface area contributed by atoms with E-state index in [2.05, 4.69) is 20.5 Å². The number of hydrogen-bond donors (Lipinski definition) is 2. The van der Waals surface area contributed by atoms with Gasteiger partial charge in [-0.05, 0) is 31.5 Å². The Kier molecular flexibility index (Phi) is 5.46. The van der Waals surface area contributed by atoms with Crippen LogP contribution >= 0.6 is 0 Å². The Bertz CT molecular complexity index is 754.